The van der Waals surface area contributed by atoms with Crippen molar-refractivity contribution in [1.82, 2.24) is 0 Å². The van der Waals surface area contributed by atoms with Crippen LogP contribution in [0.15, 0.2) is 60.7 Å². The Balaban J connectivity index is 0.000000845. The first-order chi connectivity index (χ1) is 5.97. The van der Waals surface area contributed by atoms with Crippen molar-refractivity contribution in [2.45, 2.75) is 0 Å². The van der Waals surface area contributed by atoms with Crippen LogP contribution in [-0.4, -0.2) is 0 Å². The summed E-state index contributed by atoms with van der Waals surface area (Å²) in [5.41, 5.74) is 2.55. The van der Waals surface area contributed by atoms with Crippen LogP contribution in [0.5, 0.6) is 0 Å². The molecule has 0 saturated carbocycles. The second-order valence-electron chi connectivity index (χ2n) is 2.73. The predicted molar refractivity (Wildman–Crippen MR) is 51.9 cm³/mol. The Morgan fingerprint density at radius 2 is 0.769 bits per heavy atom. The van der Waals surface area contributed by atoms with Crippen molar-refractivity contribution in [3.8, 4) is 11.1 Å². The van der Waals surface area contributed by atoms with Crippen molar-refractivity contribution in [3.63, 3.8) is 0 Å². The standard InChI is InChI=1S/C12H10.Mn/c1-3-7-11(8-4-1)12-9-5-2-6-10-12;/h1-10H;. The molecule has 2 aromatic carbocycles. The van der Waals surface area contributed by atoms with Crippen LogP contribution in [0.1, 0.15) is 0 Å². The maximum atomic E-state index is 2.12. The van der Waals surface area contributed by atoms with Crippen molar-refractivity contribution in [2.75, 3.05) is 0 Å². The maximum absolute atomic E-state index is 2.12. The molecule has 0 aliphatic rings. The Kier molecular flexibility index (Phi) is 3.75. The van der Waals surface area contributed by atoms with E-state index >= 15 is 0 Å². The SMILES string of the molecule is [Mn].c1ccc(-c2ccccc2)cc1. The number of rotatable bonds is 1. The van der Waals surface area contributed by atoms with Crippen molar-refractivity contribution in [3.05, 3.63) is 60.7 Å². The summed E-state index contributed by atoms with van der Waals surface area (Å²) in [6, 6.07) is 20.8. The van der Waals surface area contributed by atoms with Gasteiger partial charge in [-0.1, -0.05) is 60.7 Å². The summed E-state index contributed by atoms with van der Waals surface area (Å²) in [6.45, 7) is 0. The molecule has 1 radical (unpaired) electrons. The van der Waals surface area contributed by atoms with Gasteiger partial charge in [-0.3, -0.25) is 0 Å². The fraction of sp³-hybridized carbons (Fsp3) is 0. The van der Waals surface area contributed by atoms with Crippen LogP contribution >= 0.6 is 0 Å². The van der Waals surface area contributed by atoms with Gasteiger partial charge in [-0.15, -0.1) is 0 Å². The third-order valence-corrected chi connectivity index (χ3v) is 1.88. The quantitative estimate of drug-likeness (QED) is 0.632. The molecule has 1 heteroatoms. The minimum atomic E-state index is 0. The zero-order valence-corrected chi connectivity index (χ0v) is 8.33. The predicted octanol–water partition coefficient (Wildman–Crippen LogP) is 3.35. The Morgan fingerprint density at radius 3 is 1.08 bits per heavy atom. The van der Waals surface area contributed by atoms with E-state index in [1.165, 1.54) is 11.1 Å². The van der Waals surface area contributed by atoms with Crippen molar-refractivity contribution in [2.24, 2.45) is 0 Å². The Labute approximate surface area is 89.1 Å². The van der Waals surface area contributed by atoms with E-state index < -0.39 is 0 Å². The monoisotopic (exact) mass is 209 g/mol. The smallest absolute Gasteiger partial charge is 0 e. The van der Waals surface area contributed by atoms with Gasteiger partial charge in [-0.05, 0) is 11.1 Å². The van der Waals surface area contributed by atoms with E-state index in [-0.39, 0.29) is 17.1 Å². The topological polar surface area (TPSA) is 0 Å². The van der Waals surface area contributed by atoms with Gasteiger partial charge >= 0.3 is 0 Å². The molecule has 0 bridgehead atoms. The van der Waals surface area contributed by atoms with E-state index in [0.717, 1.165) is 0 Å². The molecule has 0 heterocycles. The molecule has 0 unspecified atom stereocenters. The first-order valence-corrected chi connectivity index (χ1v) is 4.07. The second kappa shape index (κ2) is 4.86. The van der Waals surface area contributed by atoms with E-state index in [2.05, 4.69) is 48.5 Å². The van der Waals surface area contributed by atoms with Crippen LogP contribution < -0.4 is 0 Å². The molecule has 0 amide bonds. The van der Waals surface area contributed by atoms with E-state index in [1.807, 2.05) is 12.1 Å². The summed E-state index contributed by atoms with van der Waals surface area (Å²) in [5, 5.41) is 0. The molecule has 13 heavy (non-hydrogen) atoms. The average Bonchev–Trinajstić information content (AvgIpc) is 2.21. The van der Waals surface area contributed by atoms with Gasteiger partial charge in [-0.2, -0.15) is 0 Å². The second-order valence-corrected chi connectivity index (χ2v) is 2.73. The van der Waals surface area contributed by atoms with Crippen molar-refractivity contribution < 1.29 is 17.1 Å². The minimum Gasteiger partial charge on any atom is -0.0622 e. The number of hydrogen-bond acceptors (Lipinski definition) is 0. The molecule has 0 aliphatic heterocycles. The summed E-state index contributed by atoms with van der Waals surface area (Å²) >= 11 is 0. The fourth-order valence-corrected chi connectivity index (χ4v) is 1.26. The van der Waals surface area contributed by atoms with Gasteiger partial charge in [0.25, 0.3) is 0 Å². The van der Waals surface area contributed by atoms with E-state index in [9.17, 15) is 0 Å². The van der Waals surface area contributed by atoms with Crippen LogP contribution in [0.4, 0.5) is 0 Å². The Bertz CT molecular complexity index is 303. The Morgan fingerprint density at radius 1 is 0.462 bits per heavy atom. The van der Waals surface area contributed by atoms with Gasteiger partial charge in [0.1, 0.15) is 0 Å². The first kappa shape index (κ1) is 10.0. The maximum Gasteiger partial charge on any atom is 0 e. The van der Waals surface area contributed by atoms with Gasteiger partial charge in [0, 0.05) is 17.1 Å². The average molecular weight is 209 g/mol. The summed E-state index contributed by atoms with van der Waals surface area (Å²) in [5.74, 6) is 0. The van der Waals surface area contributed by atoms with E-state index in [1.54, 1.807) is 0 Å². The van der Waals surface area contributed by atoms with Crippen molar-refractivity contribution >= 4 is 0 Å². The molecule has 0 atom stereocenters. The number of benzene rings is 2. The normalized spacial score (nSPS) is 8.92. The molecule has 0 fully saturated rings. The van der Waals surface area contributed by atoms with Gasteiger partial charge in [0.05, 0.1) is 0 Å². The van der Waals surface area contributed by atoms with Gasteiger partial charge in [0.2, 0.25) is 0 Å². The van der Waals surface area contributed by atoms with Crippen LogP contribution in [-0.2, 0) is 17.1 Å². The molecule has 0 nitrogen and oxygen atoms in total. The zero-order chi connectivity index (χ0) is 8.23. The van der Waals surface area contributed by atoms with Crippen LogP contribution in [0, 0.1) is 0 Å². The fourth-order valence-electron chi connectivity index (χ4n) is 1.26. The van der Waals surface area contributed by atoms with E-state index in [0.29, 0.717) is 0 Å². The minimum absolute atomic E-state index is 0. The third kappa shape index (κ3) is 2.45. The molecule has 0 N–H and O–H groups in total. The molecule has 2 rings (SSSR count). The van der Waals surface area contributed by atoms with Crippen LogP contribution in [0.3, 0.4) is 0 Å². The zero-order valence-electron chi connectivity index (χ0n) is 7.15. The molecule has 2 aromatic rings. The first-order valence-electron chi connectivity index (χ1n) is 4.07. The third-order valence-electron chi connectivity index (χ3n) is 1.88. The van der Waals surface area contributed by atoms with Crippen LogP contribution in [0.2, 0.25) is 0 Å². The van der Waals surface area contributed by atoms with Gasteiger partial charge < -0.3 is 0 Å². The Hall–Kier alpha value is -1.04. The molecular weight excluding hydrogens is 199 g/mol. The largest absolute Gasteiger partial charge is 0.0622 e. The van der Waals surface area contributed by atoms with Gasteiger partial charge in [0.15, 0.2) is 0 Å². The molecule has 0 spiro atoms. The number of hydrogen-bond donors (Lipinski definition) is 0. The van der Waals surface area contributed by atoms with Crippen LogP contribution in [0.25, 0.3) is 11.1 Å². The molecule has 0 aliphatic carbocycles. The van der Waals surface area contributed by atoms with E-state index in [4.69, 9.17) is 0 Å². The molecular formula is C12H10Mn. The molecule has 0 saturated heterocycles. The summed E-state index contributed by atoms with van der Waals surface area (Å²) in [7, 11) is 0. The molecule has 65 valence electrons. The molecule has 0 aromatic heterocycles. The van der Waals surface area contributed by atoms with Crippen molar-refractivity contribution in [1.29, 1.82) is 0 Å². The summed E-state index contributed by atoms with van der Waals surface area (Å²) in [4.78, 5) is 0. The van der Waals surface area contributed by atoms with Gasteiger partial charge in [-0.25, -0.2) is 0 Å². The summed E-state index contributed by atoms with van der Waals surface area (Å²) in [6.07, 6.45) is 0. The summed E-state index contributed by atoms with van der Waals surface area (Å²) < 4.78 is 0.